The number of nitrogens with zero attached hydrogens (tertiary/aromatic N) is 1. The second kappa shape index (κ2) is 5.96. The Balaban J connectivity index is 1.76. The Hall–Kier alpha value is -1.35. The Morgan fingerprint density at radius 1 is 1.20 bits per heavy atom. The van der Waals surface area contributed by atoms with Gasteiger partial charge in [-0.2, -0.15) is 0 Å². The maximum absolute atomic E-state index is 11.4. The molecule has 1 heterocycles. The van der Waals surface area contributed by atoms with Crippen LogP contribution in [-0.4, -0.2) is 35.1 Å². The summed E-state index contributed by atoms with van der Waals surface area (Å²) in [5.41, 5.74) is 2.92. The normalized spacial score (nSPS) is 27.0. The standard InChI is InChI=1S/C17H23NO2/c19-17(20)16-10-3-4-11-18(16)12-14-8-5-7-13-6-1-2-9-15(13)14/h1-2,6,9,14,16H,3-5,7-8,10-12H2,(H,19,20). The number of carbonyl (C=O) groups is 1. The third-order valence-corrected chi connectivity index (χ3v) is 4.85. The van der Waals surface area contributed by atoms with Crippen LogP contribution in [0.15, 0.2) is 24.3 Å². The van der Waals surface area contributed by atoms with Crippen molar-refractivity contribution in [1.82, 2.24) is 4.90 Å². The lowest BCUT2D eigenvalue weighted by molar-refractivity contribution is -0.144. The summed E-state index contributed by atoms with van der Waals surface area (Å²) in [5, 5.41) is 9.39. The van der Waals surface area contributed by atoms with Crippen molar-refractivity contribution in [3.8, 4) is 0 Å². The highest BCUT2D eigenvalue weighted by Gasteiger charge is 2.31. The van der Waals surface area contributed by atoms with Gasteiger partial charge in [-0.1, -0.05) is 30.7 Å². The minimum atomic E-state index is -0.645. The number of carboxylic acid groups (broad SMARTS) is 1. The zero-order valence-corrected chi connectivity index (χ0v) is 11.9. The highest BCUT2D eigenvalue weighted by Crippen LogP contribution is 2.33. The third-order valence-electron chi connectivity index (χ3n) is 4.85. The predicted octanol–water partition coefficient (Wildman–Crippen LogP) is 3.05. The minimum absolute atomic E-state index is 0.266. The molecule has 3 rings (SSSR count). The quantitative estimate of drug-likeness (QED) is 0.920. The summed E-state index contributed by atoms with van der Waals surface area (Å²) in [4.78, 5) is 13.6. The molecular weight excluding hydrogens is 250 g/mol. The summed E-state index contributed by atoms with van der Waals surface area (Å²) < 4.78 is 0. The lowest BCUT2D eigenvalue weighted by Gasteiger charge is -2.37. The topological polar surface area (TPSA) is 40.5 Å². The van der Waals surface area contributed by atoms with Crippen molar-refractivity contribution < 1.29 is 9.90 Å². The Bertz CT molecular complexity index is 486. The number of aliphatic carboxylic acids is 1. The van der Waals surface area contributed by atoms with Gasteiger partial charge in [-0.3, -0.25) is 9.69 Å². The van der Waals surface area contributed by atoms with Gasteiger partial charge in [0, 0.05) is 6.54 Å². The van der Waals surface area contributed by atoms with Crippen molar-refractivity contribution in [3.63, 3.8) is 0 Å². The van der Waals surface area contributed by atoms with Crippen LogP contribution in [0.2, 0.25) is 0 Å². The molecule has 108 valence electrons. The molecule has 3 nitrogen and oxygen atoms in total. The van der Waals surface area contributed by atoms with Gasteiger partial charge in [0.1, 0.15) is 6.04 Å². The molecule has 2 unspecified atom stereocenters. The maximum Gasteiger partial charge on any atom is 0.320 e. The largest absolute Gasteiger partial charge is 0.480 e. The van der Waals surface area contributed by atoms with Crippen molar-refractivity contribution in [2.24, 2.45) is 0 Å². The summed E-state index contributed by atoms with van der Waals surface area (Å²) >= 11 is 0. The Morgan fingerprint density at radius 2 is 2.05 bits per heavy atom. The number of rotatable bonds is 3. The van der Waals surface area contributed by atoms with Crippen LogP contribution in [0.3, 0.4) is 0 Å². The lowest BCUT2D eigenvalue weighted by Crippen LogP contribution is -2.46. The van der Waals surface area contributed by atoms with Crippen LogP contribution in [0.25, 0.3) is 0 Å². The summed E-state index contributed by atoms with van der Waals surface area (Å²) in [7, 11) is 0. The van der Waals surface area contributed by atoms with Crippen molar-refractivity contribution in [1.29, 1.82) is 0 Å². The van der Waals surface area contributed by atoms with E-state index in [1.54, 1.807) is 0 Å². The maximum atomic E-state index is 11.4. The van der Waals surface area contributed by atoms with Crippen LogP contribution in [0.5, 0.6) is 0 Å². The Kier molecular flexibility index (Phi) is 4.06. The van der Waals surface area contributed by atoms with Crippen LogP contribution < -0.4 is 0 Å². The minimum Gasteiger partial charge on any atom is -0.480 e. The molecule has 2 atom stereocenters. The SMILES string of the molecule is O=C(O)C1CCCCN1CC1CCCc2ccccc21. The second-order valence-electron chi connectivity index (χ2n) is 6.13. The van der Waals surface area contributed by atoms with E-state index in [1.165, 1.54) is 30.4 Å². The first-order chi connectivity index (χ1) is 9.75. The van der Waals surface area contributed by atoms with E-state index < -0.39 is 5.97 Å². The van der Waals surface area contributed by atoms with E-state index in [9.17, 15) is 9.90 Å². The number of hydrogen-bond donors (Lipinski definition) is 1. The zero-order chi connectivity index (χ0) is 13.9. The highest BCUT2D eigenvalue weighted by atomic mass is 16.4. The molecule has 2 aliphatic rings. The first-order valence-electron chi connectivity index (χ1n) is 7.80. The van der Waals surface area contributed by atoms with Crippen LogP contribution in [-0.2, 0) is 11.2 Å². The van der Waals surface area contributed by atoms with Gasteiger partial charge >= 0.3 is 5.97 Å². The molecule has 0 bridgehead atoms. The van der Waals surface area contributed by atoms with E-state index in [2.05, 4.69) is 29.2 Å². The first-order valence-corrected chi connectivity index (χ1v) is 7.80. The molecule has 1 fully saturated rings. The predicted molar refractivity (Wildman–Crippen MR) is 79.0 cm³/mol. The van der Waals surface area contributed by atoms with E-state index in [0.717, 1.165) is 32.4 Å². The van der Waals surface area contributed by atoms with Crippen LogP contribution >= 0.6 is 0 Å². The molecule has 3 heteroatoms. The van der Waals surface area contributed by atoms with Gasteiger partial charge < -0.3 is 5.11 Å². The average Bonchev–Trinajstić information content (AvgIpc) is 2.48. The van der Waals surface area contributed by atoms with E-state index in [4.69, 9.17) is 0 Å². The van der Waals surface area contributed by atoms with Crippen molar-refractivity contribution in [2.75, 3.05) is 13.1 Å². The Morgan fingerprint density at radius 3 is 2.90 bits per heavy atom. The van der Waals surface area contributed by atoms with Gasteiger partial charge in [0.05, 0.1) is 0 Å². The number of fused-ring (bicyclic) bond motifs is 1. The van der Waals surface area contributed by atoms with Crippen molar-refractivity contribution in [3.05, 3.63) is 35.4 Å². The molecule has 1 aromatic carbocycles. The van der Waals surface area contributed by atoms with Gasteiger partial charge in [0.25, 0.3) is 0 Å². The second-order valence-corrected chi connectivity index (χ2v) is 6.13. The highest BCUT2D eigenvalue weighted by molar-refractivity contribution is 5.73. The molecule has 1 aromatic rings. The van der Waals surface area contributed by atoms with Gasteiger partial charge in [-0.15, -0.1) is 0 Å². The van der Waals surface area contributed by atoms with Crippen LogP contribution in [0.1, 0.15) is 49.1 Å². The zero-order valence-electron chi connectivity index (χ0n) is 11.9. The molecule has 1 aliphatic carbocycles. The molecule has 1 saturated heterocycles. The number of carboxylic acids is 1. The fraction of sp³-hybridized carbons (Fsp3) is 0.588. The van der Waals surface area contributed by atoms with E-state index >= 15 is 0 Å². The number of likely N-dealkylation sites (tertiary alicyclic amines) is 1. The monoisotopic (exact) mass is 273 g/mol. The molecule has 0 spiro atoms. The summed E-state index contributed by atoms with van der Waals surface area (Å²) in [6.07, 6.45) is 6.60. The first kappa shape index (κ1) is 13.6. The number of aryl methyl sites for hydroxylation is 1. The number of piperidine rings is 1. The van der Waals surface area contributed by atoms with E-state index in [1.807, 2.05) is 0 Å². The number of benzene rings is 1. The van der Waals surface area contributed by atoms with Crippen molar-refractivity contribution >= 4 is 5.97 Å². The number of hydrogen-bond acceptors (Lipinski definition) is 2. The summed E-state index contributed by atoms with van der Waals surface area (Å²) in [6, 6.07) is 8.42. The van der Waals surface area contributed by atoms with Gasteiger partial charge in [0.15, 0.2) is 0 Å². The summed E-state index contributed by atoms with van der Waals surface area (Å²) in [5.74, 6) is -0.131. The van der Waals surface area contributed by atoms with Crippen molar-refractivity contribution in [2.45, 2.75) is 50.5 Å². The van der Waals surface area contributed by atoms with Gasteiger partial charge in [0.2, 0.25) is 0 Å². The Labute approximate surface area is 120 Å². The molecule has 0 amide bonds. The van der Waals surface area contributed by atoms with E-state index in [0.29, 0.717) is 5.92 Å². The van der Waals surface area contributed by atoms with Crippen LogP contribution in [0, 0.1) is 0 Å². The average molecular weight is 273 g/mol. The summed E-state index contributed by atoms with van der Waals surface area (Å²) in [6.45, 7) is 1.85. The molecule has 0 aromatic heterocycles. The van der Waals surface area contributed by atoms with Gasteiger partial charge in [-0.25, -0.2) is 0 Å². The lowest BCUT2D eigenvalue weighted by atomic mass is 9.82. The molecule has 1 N–H and O–H groups in total. The molecule has 0 radical (unpaired) electrons. The molecule has 0 saturated carbocycles. The fourth-order valence-corrected chi connectivity index (χ4v) is 3.82. The third kappa shape index (κ3) is 2.73. The van der Waals surface area contributed by atoms with E-state index in [-0.39, 0.29) is 6.04 Å². The molecule has 1 aliphatic heterocycles. The smallest absolute Gasteiger partial charge is 0.320 e. The van der Waals surface area contributed by atoms with Gasteiger partial charge in [-0.05, 0) is 55.7 Å². The fourth-order valence-electron chi connectivity index (χ4n) is 3.82. The molecule has 20 heavy (non-hydrogen) atoms. The van der Waals surface area contributed by atoms with Crippen LogP contribution in [0.4, 0.5) is 0 Å². The molecular formula is C17H23NO2.